The molecule has 0 saturated carbocycles. The van der Waals surface area contributed by atoms with Crippen LogP contribution in [0, 0.1) is 0 Å². The average Bonchev–Trinajstić information content (AvgIpc) is 3.81. The monoisotopic (exact) mass is 836 g/mol. The predicted molar refractivity (Wildman–Crippen MR) is 282 cm³/mol. The molecule has 65 heavy (non-hydrogen) atoms. The first kappa shape index (κ1) is 38.6. The van der Waals surface area contributed by atoms with E-state index in [0.29, 0.717) is 0 Å². The largest absolute Gasteiger partial charge is 0.309 e. The molecule has 0 fully saturated rings. The second-order valence-corrected chi connectivity index (χ2v) is 22.1. The van der Waals surface area contributed by atoms with Crippen molar-refractivity contribution >= 4 is 88.3 Å². The number of hydrogen-bond donors (Lipinski definition) is 0. The fourth-order valence-electron chi connectivity index (χ4n) is 11.9. The number of hydrogen-bond acceptors (Lipinski definition) is 0. The van der Waals surface area contributed by atoms with Gasteiger partial charge in [0.25, 0.3) is 0 Å². The second-order valence-electron chi connectivity index (χ2n) is 22.1. The number of benzene rings is 9. The maximum Gasteiger partial charge on any atom is 0.244 e. The van der Waals surface area contributed by atoms with Crippen LogP contribution >= 0.6 is 0 Å². The third kappa shape index (κ3) is 5.30. The Morgan fingerprint density at radius 2 is 0.723 bits per heavy atom. The minimum Gasteiger partial charge on any atom is -0.309 e. The van der Waals surface area contributed by atoms with Crippen molar-refractivity contribution in [2.45, 2.75) is 78.6 Å². The van der Waals surface area contributed by atoms with Gasteiger partial charge in [0.2, 0.25) is 6.71 Å². The summed E-state index contributed by atoms with van der Waals surface area (Å²) in [6.45, 7) is 21.0. The van der Waals surface area contributed by atoms with Crippen LogP contribution in [0.4, 0.5) is 0 Å². The summed E-state index contributed by atoms with van der Waals surface area (Å²) in [6, 6.07) is 61.2. The molecule has 2 nitrogen and oxygen atoms in total. The molecule has 13 rings (SSSR count). The van der Waals surface area contributed by atoms with Crippen LogP contribution in [0.5, 0.6) is 0 Å². The van der Waals surface area contributed by atoms with E-state index in [0.717, 1.165) is 0 Å². The van der Waals surface area contributed by atoms with Crippen molar-refractivity contribution in [3.63, 3.8) is 0 Å². The molecule has 0 amide bonds. The van der Waals surface area contributed by atoms with Gasteiger partial charge in [-0.15, -0.1) is 0 Å². The van der Waals surface area contributed by atoms with Crippen LogP contribution in [0.15, 0.2) is 158 Å². The van der Waals surface area contributed by atoms with Crippen LogP contribution in [-0.4, -0.2) is 15.8 Å². The molecule has 4 heterocycles. The van der Waals surface area contributed by atoms with Gasteiger partial charge in [-0.25, -0.2) is 0 Å². The summed E-state index contributed by atoms with van der Waals surface area (Å²) in [4.78, 5) is 0. The van der Waals surface area contributed by atoms with Crippen LogP contribution in [0.25, 0.3) is 98.8 Å². The van der Waals surface area contributed by atoms with Crippen molar-refractivity contribution in [1.82, 2.24) is 9.13 Å². The van der Waals surface area contributed by atoms with Crippen molar-refractivity contribution in [2.75, 3.05) is 0 Å². The first-order valence-electron chi connectivity index (χ1n) is 23.6. The highest BCUT2D eigenvalue weighted by molar-refractivity contribution is 7.01. The summed E-state index contributed by atoms with van der Waals surface area (Å²) >= 11 is 0. The maximum atomic E-state index is 2.56. The molecule has 314 valence electrons. The lowest BCUT2D eigenvalue weighted by Crippen LogP contribution is -2.57. The molecular formula is C62H53BN2. The molecule has 0 atom stereocenters. The quantitative estimate of drug-likeness (QED) is 0.154. The van der Waals surface area contributed by atoms with Crippen LogP contribution in [0.2, 0.25) is 0 Å². The number of aromatic nitrogens is 2. The molecule has 3 heteroatoms. The van der Waals surface area contributed by atoms with Crippen LogP contribution in [-0.2, 0) is 16.2 Å². The number of nitrogens with zero attached hydrogens (tertiary/aromatic N) is 2. The zero-order valence-electron chi connectivity index (χ0n) is 39.0. The van der Waals surface area contributed by atoms with Gasteiger partial charge >= 0.3 is 0 Å². The molecule has 0 radical (unpaired) electrons. The van der Waals surface area contributed by atoms with Crippen LogP contribution < -0.4 is 16.4 Å². The summed E-state index contributed by atoms with van der Waals surface area (Å²) in [6.07, 6.45) is 0. The topological polar surface area (TPSA) is 9.86 Å². The van der Waals surface area contributed by atoms with Gasteiger partial charge < -0.3 is 9.13 Å². The predicted octanol–water partition coefficient (Wildman–Crippen LogP) is 14.6. The van der Waals surface area contributed by atoms with E-state index in [9.17, 15) is 0 Å². The third-order valence-corrected chi connectivity index (χ3v) is 15.2. The standard InChI is InChI=1S/C62H53BN2/c1-60(2,3)36-24-28-39(29-25-36)64-53-22-12-10-16-41(53)49-34-45-47-32-38(62(7,8)9)33-48-46-35-50-42-17-11-13-23-54(42)65(40-30-26-37(27-31-40)61(4,5)6)59(50)44-19-15-21-52(56(44)46)63(57(47)48)51-20-14-18-43(55(45)51)58(49)64/h10-35H,1-9H3. The van der Waals surface area contributed by atoms with Gasteiger partial charge in [0.05, 0.1) is 22.1 Å². The zero-order valence-corrected chi connectivity index (χ0v) is 39.0. The highest BCUT2D eigenvalue weighted by Crippen LogP contribution is 2.48. The van der Waals surface area contributed by atoms with Crippen molar-refractivity contribution < 1.29 is 0 Å². The molecule has 0 bridgehead atoms. The van der Waals surface area contributed by atoms with Crippen molar-refractivity contribution in [3.05, 3.63) is 174 Å². The minimum atomic E-state index is -0.0636. The Morgan fingerprint density at radius 3 is 1.12 bits per heavy atom. The molecule has 2 aromatic heterocycles. The van der Waals surface area contributed by atoms with E-state index in [2.05, 4.69) is 229 Å². The van der Waals surface area contributed by atoms with Gasteiger partial charge in [0.15, 0.2) is 0 Å². The highest BCUT2D eigenvalue weighted by atomic mass is 15.0. The fourth-order valence-corrected chi connectivity index (χ4v) is 11.9. The van der Waals surface area contributed by atoms with Gasteiger partial charge in [0, 0.05) is 43.7 Å². The zero-order chi connectivity index (χ0) is 44.5. The lowest BCUT2D eigenvalue weighted by molar-refractivity contribution is 0.590. The Kier molecular flexibility index (Phi) is 7.67. The van der Waals surface area contributed by atoms with Gasteiger partial charge in [0.1, 0.15) is 0 Å². The third-order valence-electron chi connectivity index (χ3n) is 15.2. The van der Waals surface area contributed by atoms with E-state index in [1.165, 1.54) is 132 Å². The molecule has 0 spiro atoms. The van der Waals surface area contributed by atoms with Crippen LogP contribution in [0.3, 0.4) is 0 Å². The van der Waals surface area contributed by atoms with Gasteiger partial charge in [-0.2, -0.15) is 0 Å². The Labute approximate surface area is 382 Å². The summed E-state index contributed by atoms with van der Waals surface area (Å²) < 4.78 is 5.07. The first-order chi connectivity index (χ1) is 31.2. The second kappa shape index (κ2) is 12.9. The van der Waals surface area contributed by atoms with Crippen LogP contribution in [0.1, 0.15) is 79.0 Å². The van der Waals surface area contributed by atoms with E-state index >= 15 is 0 Å². The lowest BCUT2D eigenvalue weighted by atomic mass is 9.31. The lowest BCUT2D eigenvalue weighted by Gasteiger charge is -2.36. The minimum absolute atomic E-state index is 0.0636. The summed E-state index contributed by atoms with van der Waals surface area (Å²) in [5.74, 6) is 0. The summed E-state index contributed by atoms with van der Waals surface area (Å²) in [5, 5.41) is 10.6. The number of rotatable bonds is 2. The number of para-hydroxylation sites is 2. The fraction of sp³-hybridized carbons (Fsp3) is 0.194. The summed E-state index contributed by atoms with van der Waals surface area (Å²) in [7, 11) is 0. The molecule has 0 unspecified atom stereocenters. The highest BCUT2D eigenvalue weighted by Gasteiger charge is 2.41. The molecule has 2 aliphatic heterocycles. The molecule has 0 N–H and O–H groups in total. The Morgan fingerprint density at radius 1 is 0.338 bits per heavy atom. The molecule has 9 aromatic carbocycles. The van der Waals surface area contributed by atoms with E-state index < -0.39 is 0 Å². The van der Waals surface area contributed by atoms with E-state index in [1.807, 2.05) is 0 Å². The van der Waals surface area contributed by atoms with Crippen molar-refractivity contribution in [1.29, 1.82) is 0 Å². The Balaban J connectivity index is 1.16. The SMILES string of the molecule is CC(C)(C)c1ccc(-n2c3ccccc3c3cc4c5c(cccc5c32)B2c3c-4cc(C(C)(C)C)cc3-c3cc4c5ccccc5n(-c5ccc(C(C)(C)C)cc5)c4c4cccc2c34)cc1. The number of fused-ring (bicyclic) bond motifs is 12. The Bertz CT molecular complexity index is 3610. The normalized spacial score (nSPS) is 13.6. The van der Waals surface area contributed by atoms with Crippen molar-refractivity contribution in [2.24, 2.45) is 0 Å². The maximum absolute atomic E-state index is 2.56. The Hall–Kier alpha value is -6.84. The van der Waals surface area contributed by atoms with Gasteiger partial charge in [-0.05, 0) is 114 Å². The van der Waals surface area contributed by atoms with E-state index in [-0.39, 0.29) is 23.0 Å². The average molecular weight is 837 g/mol. The molecule has 11 aromatic rings. The van der Waals surface area contributed by atoms with Crippen molar-refractivity contribution in [3.8, 4) is 33.6 Å². The molecule has 2 aliphatic rings. The first-order valence-corrected chi connectivity index (χ1v) is 23.6. The van der Waals surface area contributed by atoms with E-state index in [4.69, 9.17) is 0 Å². The summed E-state index contributed by atoms with van der Waals surface area (Å²) in [5.41, 5.74) is 21.3. The van der Waals surface area contributed by atoms with E-state index in [1.54, 1.807) is 0 Å². The van der Waals surface area contributed by atoms with Gasteiger partial charge in [-0.3, -0.25) is 0 Å². The molecule has 0 aliphatic carbocycles. The van der Waals surface area contributed by atoms with Gasteiger partial charge in [-0.1, -0.05) is 188 Å². The molecular weight excluding hydrogens is 784 g/mol. The molecule has 0 saturated heterocycles. The smallest absolute Gasteiger partial charge is 0.244 e.